The third kappa shape index (κ3) is 3.01. The maximum absolute atomic E-state index is 11.8. The van der Waals surface area contributed by atoms with Gasteiger partial charge in [-0.15, -0.1) is 11.3 Å². The zero-order chi connectivity index (χ0) is 13.9. The van der Waals surface area contributed by atoms with Crippen LogP contribution in [0.4, 0.5) is 5.00 Å². The lowest BCUT2D eigenvalue weighted by atomic mass is 10.1. The number of aryl methyl sites for hydroxylation is 1. The molecule has 5 nitrogen and oxygen atoms in total. The number of anilines is 1. The Morgan fingerprint density at radius 3 is 2.50 bits per heavy atom. The molecular weight excluding hydrogens is 254 g/mol. The molecule has 0 aliphatic rings. The van der Waals surface area contributed by atoms with Gasteiger partial charge in [0.25, 0.3) is 0 Å². The van der Waals surface area contributed by atoms with E-state index < -0.39 is 5.97 Å². The summed E-state index contributed by atoms with van der Waals surface area (Å²) in [4.78, 5) is 25.1. The van der Waals surface area contributed by atoms with Crippen molar-refractivity contribution in [3.05, 3.63) is 16.0 Å². The zero-order valence-corrected chi connectivity index (χ0v) is 11.8. The molecule has 0 aromatic carbocycles. The Bertz CT molecular complexity index is 467. The van der Waals surface area contributed by atoms with Crippen LogP contribution in [-0.2, 0) is 9.53 Å². The van der Waals surface area contributed by atoms with Gasteiger partial charge in [-0.25, -0.2) is 4.79 Å². The monoisotopic (exact) mass is 271 g/mol. The number of carbonyl (C=O) groups excluding carboxylic acids is 1. The summed E-state index contributed by atoms with van der Waals surface area (Å²) in [6.07, 6.45) is 0.0348. The first kappa shape index (κ1) is 14.5. The highest BCUT2D eigenvalue weighted by Gasteiger charge is 2.22. The summed E-state index contributed by atoms with van der Waals surface area (Å²) in [6, 6.07) is 0. The second-order valence-electron chi connectivity index (χ2n) is 4.02. The fraction of sp³-hybridized carbons (Fsp3) is 0.500. The SMILES string of the molecule is COC(=O)c1c(N(C)CCC(=O)O)sc(C)c1C. The molecule has 6 heteroatoms. The van der Waals surface area contributed by atoms with E-state index in [0.29, 0.717) is 12.1 Å². The first-order valence-corrected chi connectivity index (χ1v) is 6.31. The van der Waals surface area contributed by atoms with Gasteiger partial charge < -0.3 is 14.7 Å². The minimum Gasteiger partial charge on any atom is -0.481 e. The highest BCUT2D eigenvalue weighted by Crippen LogP contribution is 2.35. The number of carboxylic acids is 1. The maximum Gasteiger partial charge on any atom is 0.341 e. The van der Waals surface area contributed by atoms with Crippen molar-refractivity contribution in [3.8, 4) is 0 Å². The Balaban J connectivity index is 3.04. The molecule has 1 N–H and O–H groups in total. The van der Waals surface area contributed by atoms with Crippen LogP contribution in [0.1, 0.15) is 27.2 Å². The van der Waals surface area contributed by atoms with Crippen molar-refractivity contribution in [3.63, 3.8) is 0 Å². The quantitative estimate of drug-likeness (QED) is 0.830. The number of carbonyl (C=O) groups is 2. The van der Waals surface area contributed by atoms with Gasteiger partial charge >= 0.3 is 11.9 Å². The first-order valence-electron chi connectivity index (χ1n) is 5.49. The summed E-state index contributed by atoms with van der Waals surface area (Å²) in [6.45, 7) is 4.16. The number of aliphatic carboxylic acids is 1. The Morgan fingerprint density at radius 1 is 1.39 bits per heavy atom. The Morgan fingerprint density at radius 2 is 2.00 bits per heavy atom. The lowest BCUT2D eigenvalue weighted by molar-refractivity contribution is -0.136. The molecule has 0 amide bonds. The van der Waals surface area contributed by atoms with E-state index in [1.165, 1.54) is 18.4 Å². The second-order valence-corrected chi connectivity index (χ2v) is 5.22. The minimum absolute atomic E-state index is 0.0348. The molecule has 0 saturated heterocycles. The van der Waals surface area contributed by atoms with Crippen LogP contribution in [0.25, 0.3) is 0 Å². The van der Waals surface area contributed by atoms with Gasteiger partial charge in [0.1, 0.15) is 5.00 Å². The number of rotatable bonds is 5. The molecule has 0 spiro atoms. The number of carboxylic acid groups (broad SMARTS) is 1. The molecule has 100 valence electrons. The van der Waals surface area contributed by atoms with E-state index in [1.807, 2.05) is 13.8 Å². The summed E-state index contributed by atoms with van der Waals surface area (Å²) in [5.74, 6) is -1.24. The molecule has 1 aromatic rings. The predicted octanol–water partition coefficient (Wildman–Crippen LogP) is 2.06. The number of ether oxygens (including phenoxy) is 1. The van der Waals surface area contributed by atoms with Gasteiger partial charge in [0.2, 0.25) is 0 Å². The summed E-state index contributed by atoms with van der Waals surface area (Å²) >= 11 is 1.48. The fourth-order valence-electron chi connectivity index (χ4n) is 1.59. The zero-order valence-electron chi connectivity index (χ0n) is 10.9. The molecule has 18 heavy (non-hydrogen) atoms. The summed E-state index contributed by atoms with van der Waals surface area (Å²) in [7, 11) is 3.12. The number of hydrogen-bond acceptors (Lipinski definition) is 5. The third-order valence-electron chi connectivity index (χ3n) is 2.76. The smallest absolute Gasteiger partial charge is 0.341 e. The van der Waals surface area contributed by atoms with E-state index >= 15 is 0 Å². The molecule has 0 aliphatic carbocycles. The van der Waals surface area contributed by atoms with E-state index in [0.717, 1.165) is 15.4 Å². The molecule has 1 rings (SSSR count). The summed E-state index contributed by atoms with van der Waals surface area (Å²) in [5.41, 5.74) is 1.43. The van der Waals surface area contributed by atoms with Gasteiger partial charge in [-0.2, -0.15) is 0 Å². The highest BCUT2D eigenvalue weighted by molar-refractivity contribution is 7.16. The normalized spacial score (nSPS) is 10.2. The fourth-order valence-corrected chi connectivity index (χ4v) is 2.72. The molecule has 0 fully saturated rings. The van der Waals surface area contributed by atoms with Crippen LogP contribution in [0, 0.1) is 13.8 Å². The van der Waals surface area contributed by atoms with Crippen LogP contribution in [-0.4, -0.2) is 37.7 Å². The van der Waals surface area contributed by atoms with Crippen molar-refractivity contribution in [2.75, 3.05) is 25.6 Å². The van der Waals surface area contributed by atoms with Crippen LogP contribution >= 0.6 is 11.3 Å². The molecule has 1 aromatic heterocycles. The lowest BCUT2D eigenvalue weighted by Crippen LogP contribution is -2.22. The molecular formula is C12H17NO4S. The van der Waals surface area contributed by atoms with Gasteiger partial charge in [0.05, 0.1) is 19.1 Å². The summed E-state index contributed by atoms with van der Waals surface area (Å²) in [5, 5.41) is 9.44. The number of nitrogens with zero attached hydrogens (tertiary/aromatic N) is 1. The average molecular weight is 271 g/mol. The Labute approximate surface area is 110 Å². The summed E-state index contributed by atoms with van der Waals surface area (Å²) < 4.78 is 4.77. The molecule has 0 aliphatic heterocycles. The molecule has 0 unspecified atom stereocenters. The van der Waals surface area contributed by atoms with E-state index in [-0.39, 0.29) is 12.4 Å². The molecule has 0 radical (unpaired) electrons. The van der Waals surface area contributed by atoms with Crippen molar-refractivity contribution in [2.45, 2.75) is 20.3 Å². The topological polar surface area (TPSA) is 66.8 Å². The maximum atomic E-state index is 11.8. The van der Waals surface area contributed by atoms with Crippen molar-refractivity contribution in [1.82, 2.24) is 0 Å². The van der Waals surface area contributed by atoms with Gasteiger partial charge in [-0.05, 0) is 19.4 Å². The van der Waals surface area contributed by atoms with Crippen molar-refractivity contribution in [2.24, 2.45) is 0 Å². The Hall–Kier alpha value is -1.56. The second kappa shape index (κ2) is 5.86. The van der Waals surface area contributed by atoms with Crippen molar-refractivity contribution in [1.29, 1.82) is 0 Å². The van der Waals surface area contributed by atoms with Crippen LogP contribution < -0.4 is 4.90 Å². The van der Waals surface area contributed by atoms with E-state index in [4.69, 9.17) is 9.84 Å². The number of methoxy groups -OCH3 is 1. The highest BCUT2D eigenvalue weighted by atomic mass is 32.1. The molecule has 1 heterocycles. The third-order valence-corrected chi connectivity index (χ3v) is 4.09. The van der Waals surface area contributed by atoms with Crippen molar-refractivity contribution >= 4 is 28.3 Å². The predicted molar refractivity (Wildman–Crippen MR) is 70.7 cm³/mol. The van der Waals surface area contributed by atoms with Gasteiger partial charge in [-0.1, -0.05) is 0 Å². The van der Waals surface area contributed by atoms with E-state index in [9.17, 15) is 9.59 Å². The van der Waals surface area contributed by atoms with E-state index in [2.05, 4.69) is 0 Å². The van der Waals surface area contributed by atoms with E-state index in [1.54, 1.807) is 11.9 Å². The van der Waals surface area contributed by atoms with Crippen LogP contribution in [0.5, 0.6) is 0 Å². The van der Waals surface area contributed by atoms with Gasteiger partial charge in [0.15, 0.2) is 0 Å². The first-order chi connectivity index (χ1) is 8.38. The van der Waals surface area contributed by atoms with Gasteiger partial charge in [0, 0.05) is 18.5 Å². The lowest BCUT2D eigenvalue weighted by Gasteiger charge is -2.17. The van der Waals surface area contributed by atoms with Crippen LogP contribution in [0.3, 0.4) is 0 Å². The van der Waals surface area contributed by atoms with Gasteiger partial charge in [-0.3, -0.25) is 4.79 Å². The number of esters is 1. The standard InChI is InChI=1S/C12H17NO4S/c1-7-8(2)18-11(10(7)12(16)17-4)13(3)6-5-9(14)15/h5-6H2,1-4H3,(H,14,15). The van der Waals surface area contributed by atoms with Crippen LogP contribution in [0.15, 0.2) is 0 Å². The van der Waals surface area contributed by atoms with Crippen LogP contribution in [0.2, 0.25) is 0 Å². The molecule has 0 atom stereocenters. The largest absolute Gasteiger partial charge is 0.481 e. The molecule has 0 saturated carbocycles. The minimum atomic E-state index is -0.855. The number of hydrogen-bond donors (Lipinski definition) is 1. The average Bonchev–Trinajstić information content (AvgIpc) is 2.62. The Kier molecular flexibility index (Phi) is 4.72. The number of thiophene rings is 1. The van der Waals surface area contributed by atoms with Crippen molar-refractivity contribution < 1.29 is 19.4 Å². The molecule has 0 bridgehead atoms.